The Morgan fingerprint density at radius 1 is 1.17 bits per heavy atom. The summed E-state index contributed by atoms with van der Waals surface area (Å²) in [6.45, 7) is -0.652. The van der Waals surface area contributed by atoms with E-state index in [2.05, 4.69) is 0 Å². The SMILES string of the molecule is Nc1ccc(CS(=O)(=O)NCCC(F)(F)F)cc1. The van der Waals surface area contributed by atoms with Gasteiger partial charge in [-0.25, -0.2) is 13.1 Å². The normalized spacial score (nSPS) is 12.6. The third kappa shape index (κ3) is 5.87. The minimum absolute atomic E-state index is 0.370. The maximum atomic E-state index is 11.9. The van der Waals surface area contributed by atoms with Crippen LogP contribution in [0.4, 0.5) is 18.9 Å². The van der Waals surface area contributed by atoms with Crippen molar-refractivity contribution in [1.82, 2.24) is 4.72 Å². The van der Waals surface area contributed by atoms with Crippen LogP contribution in [-0.2, 0) is 15.8 Å². The van der Waals surface area contributed by atoms with Crippen molar-refractivity contribution < 1.29 is 21.6 Å². The number of benzene rings is 1. The maximum absolute atomic E-state index is 11.9. The smallest absolute Gasteiger partial charge is 0.390 e. The second-order valence-corrected chi connectivity index (χ2v) is 5.57. The number of anilines is 1. The van der Waals surface area contributed by atoms with Gasteiger partial charge in [-0.3, -0.25) is 0 Å². The van der Waals surface area contributed by atoms with Crippen LogP contribution in [0.5, 0.6) is 0 Å². The lowest BCUT2D eigenvalue weighted by Crippen LogP contribution is -2.29. The van der Waals surface area contributed by atoms with Gasteiger partial charge in [0.25, 0.3) is 0 Å². The van der Waals surface area contributed by atoms with Gasteiger partial charge in [0, 0.05) is 12.2 Å². The van der Waals surface area contributed by atoms with Gasteiger partial charge in [-0.15, -0.1) is 0 Å². The minimum atomic E-state index is -4.37. The van der Waals surface area contributed by atoms with E-state index < -0.39 is 29.2 Å². The van der Waals surface area contributed by atoms with Crippen LogP contribution < -0.4 is 10.5 Å². The number of hydrogen-bond donors (Lipinski definition) is 2. The van der Waals surface area contributed by atoms with Crippen molar-refractivity contribution in [2.75, 3.05) is 12.3 Å². The maximum Gasteiger partial charge on any atom is 0.390 e. The minimum Gasteiger partial charge on any atom is -0.399 e. The standard InChI is InChI=1S/C10H13F3N2O2S/c11-10(12,13)5-6-15-18(16,17)7-8-1-3-9(14)4-2-8/h1-4,15H,5-7,14H2. The van der Waals surface area contributed by atoms with Gasteiger partial charge in [0.05, 0.1) is 12.2 Å². The van der Waals surface area contributed by atoms with E-state index in [1.54, 1.807) is 0 Å². The molecule has 0 spiro atoms. The number of hydrogen-bond acceptors (Lipinski definition) is 3. The Balaban J connectivity index is 2.52. The van der Waals surface area contributed by atoms with E-state index >= 15 is 0 Å². The fraction of sp³-hybridized carbons (Fsp3) is 0.400. The number of halogens is 3. The molecular formula is C10H13F3N2O2S. The number of nitrogens with one attached hydrogen (secondary N) is 1. The lowest BCUT2D eigenvalue weighted by molar-refractivity contribution is -0.132. The van der Waals surface area contributed by atoms with E-state index in [9.17, 15) is 21.6 Å². The number of sulfonamides is 1. The Labute approximate surface area is 103 Å². The Hall–Kier alpha value is -1.28. The fourth-order valence-electron chi connectivity index (χ4n) is 1.23. The Morgan fingerprint density at radius 3 is 2.22 bits per heavy atom. The Morgan fingerprint density at radius 2 is 1.72 bits per heavy atom. The third-order valence-corrected chi connectivity index (χ3v) is 3.42. The summed E-state index contributed by atoms with van der Waals surface area (Å²) < 4.78 is 60.4. The predicted octanol–water partition coefficient (Wildman–Crippen LogP) is 1.64. The molecule has 1 aromatic carbocycles. The summed E-state index contributed by atoms with van der Waals surface area (Å²) in [4.78, 5) is 0. The number of nitrogens with two attached hydrogens (primary N) is 1. The molecule has 0 bridgehead atoms. The first-order valence-electron chi connectivity index (χ1n) is 5.06. The first-order valence-corrected chi connectivity index (χ1v) is 6.72. The van der Waals surface area contributed by atoms with Gasteiger partial charge in [0.1, 0.15) is 0 Å². The highest BCUT2D eigenvalue weighted by molar-refractivity contribution is 7.88. The van der Waals surface area contributed by atoms with Crippen LogP contribution in [0.15, 0.2) is 24.3 Å². The molecule has 0 aliphatic heterocycles. The highest BCUT2D eigenvalue weighted by atomic mass is 32.2. The average Bonchev–Trinajstić information content (AvgIpc) is 2.18. The Bertz CT molecular complexity index is 483. The van der Waals surface area contributed by atoms with Crippen molar-refractivity contribution in [1.29, 1.82) is 0 Å². The van der Waals surface area contributed by atoms with Crippen molar-refractivity contribution in [3.05, 3.63) is 29.8 Å². The van der Waals surface area contributed by atoms with Crippen molar-refractivity contribution in [2.24, 2.45) is 0 Å². The van der Waals surface area contributed by atoms with Gasteiger partial charge >= 0.3 is 6.18 Å². The molecule has 8 heteroatoms. The molecule has 0 saturated heterocycles. The van der Waals surface area contributed by atoms with Crippen LogP contribution in [0, 0.1) is 0 Å². The van der Waals surface area contributed by atoms with E-state index in [0.29, 0.717) is 11.3 Å². The Kier molecular flexibility index (Phi) is 4.58. The molecule has 0 unspecified atom stereocenters. The van der Waals surface area contributed by atoms with Crippen LogP contribution in [0.25, 0.3) is 0 Å². The molecule has 0 aliphatic carbocycles. The van der Waals surface area contributed by atoms with E-state index in [4.69, 9.17) is 5.73 Å². The molecule has 3 N–H and O–H groups in total. The molecule has 0 fully saturated rings. The van der Waals surface area contributed by atoms with Crippen molar-refractivity contribution in [3.63, 3.8) is 0 Å². The zero-order chi connectivity index (χ0) is 13.8. The molecule has 1 rings (SSSR count). The topological polar surface area (TPSA) is 72.2 Å². The molecule has 4 nitrogen and oxygen atoms in total. The molecule has 0 amide bonds. The summed E-state index contributed by atoms with van der Waals surface area (Å²) in [5.41, 5.74) is 6.38. The monoisotopic (exact) mass is 282 g/mol. The van der Waals surface area contributed by atoms with Crippen LogP contribution in [0.3, 0.4) is 0 Å². The van der Waals surface area contributed by atoms with E-state index in [0.717, 1.165) is 0 Å². The molecule has 0 aliphatic rings. The van der Waals surface area contributed by atoms with Gasteiger partial charge in [0.2, 0.25) is 10.0 Å². The molecule has 0 aromatic heterocycles. The first-order chi connectivity index (χ1) is 8.18. The van der Waals surface area contributed by atoms with Gasteiger partial charge in [0.15, 0.2) is 0 Å². The van der Waals surface area contributed by atoms with Crippen molar-refractivity contribution in [3.8, 4) is 0 Å². The highest BCUT2D eigenvalue weighted by Gasteiger charge is 2.27. The zero-order valence-corrected chi connectivity index (χ0v) is 10.2. The van der Waals surface area contributed by atoms with Crippen molar-refractivity contribution in [2.45, 2.75) is 18.3 Å². The average molecular weight is 282 g/mol. The van der Waals surface area contributed by atoms with Gasteiger partial charge < -0.3 is 5.73 Å². The first kappa shape index (κ1) is 14.8. The molecular weight excluding hydrogens is 269 g/mol. The van der Waals surface area contributed by atoms with Crippen LogP contribution in [-0.4, -0.2) is 21.1 Å². The van der Waals surface area contributed by atoms with Gasteiger partial charge in [-0.1, -0.05) is 12.1 Å². The van der Waals surface area contributed by atoms with Crippen LogP contribution >= 0.6 is 0 Å². The molecule has 0 saturated carbocycles. The van der Waals surface area contributed by atoms with Gasteiger partial charge in [-0.05, 0) is 17.7 Å². The largest absolute Gasteiger partial charge is 0.399 e. The quantitative estimate of drug-likeness (QED) is 0.806. The summed E-state index contributed by atoms with van der Waals surface area (Å²) in [6.07, 6.45) is -5.56. The molecule has 102 valence electrons. The summed E-state index contributed by atoms with van der Waals surface area (Å²) in [7, 11) is -3.76. The van der Waals surface area contributed by atoms with Crippen LogP contribution in [0.2, 0.25) is 0 Å². The summed E-state index contributed by atoms with van der Waals surface area (Å²) >= 11 is 0. The van der Waals surface area contributed by atoms with E-state index in [-0.39, 0.29) is 5.75 Å². The fourth-order valence-corrected chi connectivity index (χ4v) is 2.38. The molecule has 0 atom stereocenters. The second kappa shape index (κ2) is 5.57. The van der Waals surface area contributed by atoms with Crippen LogP contribution in [0.1, 0.15) is 12.0 Å². The summed E-state index contributed by atoms with van der Waals surface area (Å²) in [5, 5.41) is 0. The predicted molar refractivity (Wildman–Crippen MR) is 62.2 cm³/mol. The molecule has 1 aromatic rings. The van der Waals surface area contributed by atoms with Gasteiger partial charge in [-0.2, -0.15) is 13.2 Å². The summed E-state index contributed by atoms with van der Waals surface area (Å²) in [6, 6.07) is 6.08. The second-order valence-electron chi connectivity index (χ2n) is 3.76. The molecule has 18 heavy (non-hydrogen) atoms. The zero-order valence-electron chi connectivity index (χ0n) is 9.37. The lowest BCUT2D eigenvalue weighted by Gasteiger charge is -2.08. The highest BCUT2D eigenvalue weighted by Crippen LogP contribution is 2.18. The lowest BCUT2D eigenvalue weighted by atomic mass is 10.2. The number of nitrogen functional groups attached to an aromatic ring is 1. The third-order valence-electron chi connectivity index (χ3n) is 2.07. The van der Waals surface area contributed by atoms with E-state index in [1.807, 2.05) is 4.72 Å². The van der Waals surface area contributed by atoms with Crippen molar-refractivity contribution >= 4 is 15.7 Å². The summed E-state index contributed by atoms with van der Waals surface area (Å²) in [5.74, 6) is -0.370. The molecule has 0 radical (unpaired) electrons. The number of alkyl halides is 3. The van der Waals surface area contributed by atoms with E-state index in [1.165, 1.54) is 24.3 Å². The molecule has 0 heterocycles. The number of rotatable bonds is 5.